The van der Waals surface area contributed by atoms with Crippen LogP contribution in [0.1, 0.15) is 44.5 Å². The van der Waals surface area contributed by atoms with E-state index in [0.29, 0.717) is 38.5 Å². The lowest BCUT2D eigenvalue weighted by Gasteiger charge is -2.41. The Bertz CT molecular complexity index is 563. The molecule has 1 aromatic rings. The molecule has 2 aliphatic rings. The number of piperazine rings is 1. The van der Waals surface area contributed by atoms with Crippen molar-refractivity contribution in [2.75, 3.05) is 26.2 Å². The van der Waals surface area contributed by atoms with Gasteiger partial charge in [0.15, 0.2) is 0 Å². The summed E-state index contributed by atoms with van der Waals surface area (Å²) in [6.07, 6.45) is 7.38. The molecule has 8 heteroatoms. The van der Waals surface area contributed by atoms with Crippen molar-refractivity contribution in [1.29, 1.82) is 0 Å². The van der Waals surface area contributed by atoms with E-state index < -0.39 is 12.1 Å². The number of amides is 1. The predicted molar refractivity (Wildman–Crippen MR) is 85.3 cm³/mol. The number of alkyl halides is 2. The first-order valence-electron chi connectivity index (χ1n) is 8.60. The largest absolute Gasteiger partial charge is 0.339 e. The van der Waals surface area contributed by atoms with E-state index in [1.807, 2.05) is 4.90 Å². The molecule has 1 aliphatic carbocycles. The molecule has 0 atom stereocenters. The van der Waals surface area contributed by atoms with Gasteiger partial charge in [0, 0.05) is 38.6 Å². The highest BCUT2D eigenvalue weighted by Crippen LogP contribution is 2.28. The SMILES string of the molecule is NC1(C(=O)N2CCN(Cc3nccn3C(F)F)CC2)CCCCC1. The lowest BCUT2D eigenvalue weighted by Crippen LogP contribution is -2.60. The highest BCUT2D eigenvalue weighted by molar-refractivity contribution is 5.86. The zero-order chi connectivity index (χ0) is 17.2. The first-order chi connectivity index (χ1) is 11.5. The zero-order valence-corrected chi connectivity index (χ0v) is 13.8. The van der Waals surface area contributed by atoms with Crippen LogP contribution in [0.3, 0.4) is 0 Å². The number of halogens is 2. The van der Waals surface area contributed by atoms with Crippen molar-refractivity contribution >= 4 is 5.91 Å². The molecule has 24 heavy (non-hydrogen) atoms. The number of nitrogens with two attached hydrogens (primary N) is 1. The molecule has 2 heterocycles. The third-order valence-electron chi connectivity index (χ3n) is 5.16. The molecular weight excluding hydrogens is 316 g/mol. The fourth-order valence-corrected chi connectivity index (χ4v) is 3.66. The standard InChI is InChI=1S/C16H25F2N5O/c17-15(18)23-7-6-20-13(23)12-21-8-10-22(11-9-21)14(24)16(19)4-2-1-3-5-16/h6-7,15H,1-5,8-12,19H2. The number of hydrogen-bond donors (Lipinski definition) is 1. The second-order valence-corrected chi connectivity index (χ2v) is 6.81. The number of carbonyl (C=O) groups is 1. The summed E-state index contributed by atoms with van der Waals surface area (Å²) in [5.41, 5.74) is 5.63. The Labute approximate surface area is 140 Å². The van der Waals surface area contributed by atoms with Crippen LogP contribution in [0.5, 0.6) is 0 Å². The minimum atomic E-state index is -2.58. The van der Waals surface area contributed by atoms with E-state index in [1.54, 1.807) is 0 Å². The Morgan fingerprint density at radius 2 is 1.88 bits per heavy atom. The van der Waals surface area contributed by atoms with Crippen LogP contribution in [0.2, 0.25) is 0 Å². The van der Waals surface area contributed by atoms with Gasteiger partial charge in [0.1, 0.15) is 5.82 Å². The van der Waals surface area contributed by atoms with Crippen molar-refractivity contribution in [3.05, 3.63) is 18.2 Å². The van der Waals surface area contributed by atoms with Crippen LogP contribution < -0.4 is 5.73 Å². The zero-order valence-electron chi connectivity index (χ0n) is 13.8. The summed E-state index contributed by atoms with van der Waals surface area (Å²) >= 11 is 0. The molecule has 134 valence electrons. The molecular formula is C16H25F2N5O. The summed E-state index contributed by atoms with van der Waals surface area (Å²) in [6, 6.07) is 0. The first-order valence-corrected chi connectivity index (χ1v) is 8.60. The maximum atomic E-state index is 12.9. The predicted octanol–water partition coefficient (Wildman–Crippen LogP) is 1.58. The fraction of sp³-hybridized carbons (Fsp3) is 0.750. The summed E-state index contributed by atoms with van der Waals surface area (Å²) in [5, 5.41) is 0. The van der Waals surface area contributed by atoms with Crippen molar-refractivity contribution in [2.45, 2.75) is 50.7 Å². The second kappa shape index (κ2) is 7.14. The Balaban J connectivity index is 1.54. The van der Waals surface area contributed by atoms with Crippen LogP contribution in [0.25, 0.3) is 0 Å². The van der Waals surface area contributed by atoms with Gasteiger partial charge in [-0.05, 0) is 12.8 Å². The van der Waals surface area contributed by atoms with Gasteiger partial charge < -0.3 is 10.6 Å². The van der Waals surface area contributed by atoms with Crippen LogP contribution in [-0.2, 0) is 11.3 Å². The summed E-state index contributed by atoms with van der Waals surface area (Å²) in [5.74, 6) is 0.406. The summed E-state index contributed by atoms with van der Waals surface area (Å²) in [4.78, 5) is 20.6. The lowest BCUT2D eigenvalue weighted by atomic mass is 9.81. The number of hydrogen-bond acceptors (Lipinski definition) is 4. The van der Waals surface area contributed by atoms with Crippen LogP contribution in [0.4, 0.5) is 8.78 Å². The summed E-state index contributed by atoms with van der Waals surface area (Å²) in [7, 11) is 0. The maximum Gasteiger partial charge on any atom is 0.319 e. The van der Waals surface area contributed by atoms with E-state index in [4.69, 9.17) is 5.73 Å². The third-order valence-corrected chi connectivity index (χ3v) is 5.16. The van der Waals surface area contributed by atoms with Crippen molar-refractivity contribution in [1.82, 2.24) is 19.4 Å². The maximum absolute atomic E-state index is 12.9. The van der Waals surface area contributed by atoms with E-state index in [0.717, 1.165) is 36.7 Å². The average molecular weight is 341 g/mol. The molecule has 0 unspecified atom stereocenters. The minimum absolute atomic E-state index is 0.0518. The second-order valence-electron chi connectivity index (χ2n) is 6.81. The Kier molecular flexibility index (Phi) is 5.15. The van der Waals surface area contributed by atoms with Crippen LogP contribution in [0, 0.1) is 0 Å². The summed E-state index contributed by atoms with van der Waals surface area (Å²) in [6.45, 7) is 0.275. The van der Waals surface area contributed by atoms with Crippen LogP contribution >= 0.6 is 0 Å². The minimum Gasteiger partial charge on any atom is -0.339 e. The number of aromatic nitrogens is 2. The molecule has 3 rings (SSSR count). The fourth-order valence-electron chi connectivity index (χ4n) is 3.66. The monoisotopic (exact) mass is 341 g/mol. The molecule has 6 nitrogen and oxygen atoms in total. The topological polar surface area (TPSA) is 67.4 Å². The highest BCUT2D eigenvalue weighted by atomic mass is 19.3. The molecule has 1 saturated carbocycles. The van der Waals surface area contributed by atoms with Crippen molar-refractivity contribution in [2.24, 2.45) is 5.73 Å². The van der Waals surface area contributed by atoms with Gasteiger partial charge in [-0.3, -0.25) is 14.3 Å². The molecule has 0 radical (unpaired) electrons. The van der Waals surface area contributed by atoms with Gasteiger partial charge in [-0.1, -0.05) is 19.3 Å². The lowest BCUT2D eigenvalue weighted by molar-refractivity contribution is -0.140. The molecule has 0 bridgehead atoms. The van der Waals surface area contributed by atoms with E-state index in [-0.39, 0.29) is 5.91 Å². The van der Waals surface area contributed by atoms with Crippen LogP contribution in [0.15, 0.2) is 12.4 Å². The molecule has 2 N–H and O–H groups in total. The molecule has 0 spiro atoms. The van der Waals surface area contributed by atoms with Crippen molar-refractivity contribution in [3.63, 3.8) is 0 Å². The number of nitrogens with zero attached hydrogens (tertiary/aromatic N) is 4. The average Bonchev–Trinajstić information content (AvgIpc) is 3.04. The van der Waals surface area contributed by atoms with Gasteiger partial charge in [0.2, 0.25) is 5.91 Å². The third kappa shape index (κ3) is 3.59. The van der Waals surface area contributed by atoms with Crippen molar-refractivity contribution < 1.29 is 13.6 Å². The molecule has 1 saturated heterocycles. The Morgan fingerprint density at radius 3 is 2.50 bits per heavy atom. The number of imidazole rings is 1. The summed E-state index contributed by atoms with van der Waals surface area (Å²) < 4.78 is 26.6. The smallest absolute Gasteiger partial charge is 0.319 e. The van der Waals surface area contributed by atoms with Gasteiger partial charge in [0.25, 0.3) is 0 Å². The molecule has 0 aromatic carbocycles. The van der Waals surface area contributed by atoms with E-state index in [2.05, 4.69) is 9.88 Å². The van der Waals surface area contributed by atoms with E-state index in [9.17, 15) is 13.6 Å². The Morgan fingerprint density at radius 1 is 1.21 bits per heavy atom. The Hall–Kier alpha value is -1.54. The first kappa shape index (κ1) is 17.3. The molecule has 1 aliphatic heterocycles. The van der Waals surface area contributed by atoms with Gasteiger partial charge >= 0.3 is 6.55 Å². The van der Waals surface area contributed by atoms with Gasteiger partial charge in [-0.25, -0.2) is 4.98 Å². The van der Waals surface area contributed by atoms with E-state index >= 15 is 0 Å². The molecule has 1 aromatic heterocycles. The van der Waals surface area contributed by atoms with Crippen LogP contribution in [-0.4, -0.2) is 57.0 Å². The molecule has 1 amide bonds. The number of carbonyl (C=O) groups excluding carboxylic acids is 1. The highest BCUT2D eigenvalue weighted by Gasteiger charge is 2.39. The van der Waals surface area contributed by atoms with Gasteiger partial charge in [0.05, 0.1) is 12.1 Å². The van der Waals surface area contributed by atoms with E-state index in [1.165, 1.54) is 12.4 Å². The quantitative estimate of drug-likeness (QED) is 0.903. The number of rotatable bonds is 4. The van der Waals surface area contributed by atoms with Gasteiger partial charge in [-0.2, -0.15) is 8.78 Å². The van der Waals surface area contributed by atoms with Gasteiger partial charge in [-0.15, -0.1) is 0 Å². The van der Waals surface area contributed by atoms with Crippen molar-refractivity contribution in [3.8, 4) is 0 Å². The normalized spacial score (nSPS) is 22.1. The molecule has 2 fully saturated rings.